The number of piperazine rings is 1. The van der Waals surface area contributed by atoms with Gasteiger partial charge in [0.1, 0.15) is 5.75 Å². The predicted molar refractivity (Wildman–Crippen MR) is 119 cm³/mol. The number of nitrogens with one attached hydrogen (secondary N) is 1. The zero-order valence-corrected chi connectivity index (χ0v) is 17.9. The van der Waals surface area contributed by atoms with Crippen LogP contribution in [-0.4, -0.2) is 61.4 Å². The summed E-state index contributed by atoms with van der Waals surface area (Å²) < 4.78 is 10.5. The molecule has 30 heavy (non-hydrogen) atoms. The monoisotopic (exact) mass is 407 g/mol. The minimum Gasteiger partial charge on any atom is -0.497 e. The largest absolute Gasteiger partial charge is 0.497 e. The van der Waals surface area contributed by atoms with Crippen molar-refractivity contribution in [2.24, 2.45) is 0 Å². The van der Waals surface area contributed by atoms with Crippen LogP contribution in [0.5, 0.6) is 5.75 Å². The van der Waals surface area contributed by atoms with E-state index in [-0.39, 0.29) is 0 Å². The number of nitrogens with zero attached hydrogens (tertiary/aromatic N) is 4. The Morgan fingerprint density at radius 1 is 1.03 bits per heavy atom. The number of ether oxygens (including phenoxy) is 1. The molecule has 0 spiro atoms. The van der Waals surface area contributed by atoms with Crippen molar-refractivity contribution in [1.29, 1.82) is 0 Å². The number of anilines is 2. The summed E-state index contributed by atoms with van der Waals surface area (Å²) in [6.45, 7) is 10.3. The molecule has 0 unspecified atom stereocenters. The molecule has 2 heterocycles. The summed E-state index contributed by atoms with van der Waals surface area (Å²) in [5.41, 5.74) is 5.00. The molecule has 7 nitrogen and oxygen atoms in total. The first-order valence-corrected chi connectivity index (χ1v) is 10.4. The van der Waals surface area contributed by atoms with Gasteiger partial charge in [-0.2, -0.15) is 4.98 Å². The lowest BCUT2D eigenvalue weighted by Gasteiger charge is -2.37. The van der Waals surface area contributed by atoms with E-state index in [4.69, 9.17) is 9.26 Å². The summed E-state index contributed by atoms with van der Waals surface area (Å²) >= 11 is 0. The maximum atomic E-state index is 5.33. The van der Waals surface area contributed by atoms with Crippen molar-refractivity contribution in [1.82, 2.24) is 15.0 Å². The number of rotatable bonds is 7. The van der Waals surface area contributed by atoms with Crippen LogP contribution in [0.2, 0.25) is 0 Å². The van der Waals surface area contributed by atoms with Crippen LogP contribution in [-0.2, 0) is 0 Å². The maximum absolute atomic E-state index is 5.33. The molecule has 0 amide bonds. The lowest BCUT2D eigenvalue weighted by molar-refractivity contribution is 0.266. The molecule has 0 radical (unpaired) electrons. The van der Waals surface area contributed by atoms with Crippen LogP contribution >= 0.6 is 0 Å². The van der Waals surface area contributed by atoms with Crippen molar-refractivity contribution in [3.63, 3.8) is 0 Å². The Morgan fingerprint density at radius 2 is 1.80 bits per heavy atom. The second-order valence-corrected chi connectivity index (χ2v) is 7.63. The van der Waals surface area contributed by atoms with Gasteiger partial charge in [-0.15, -0.1) is 0 Å². The summed E-state index contributed by atoms with van der Waals surface area (Å²) in [5, 5.41) is 7.30. The van der Waals surface area contributed by atoms with Crippen LogP contribution in [0.3, 0.4) is 0 Å². The number of benzene rings is 2. The SMILES string of the molecule is COc1ccc(-c2noc(NCCN3CCN(c4cccc(C)c4C)CC3)n2)cc1. The van der Waals surface area contributed by atoms with E-state index >= 15 is 0 Å². The summed E-state index contributed by atoms with van der Waals surface area (Å²) in [7, 11) is 1.65. The first kappa shape index (κ1) is 20.2. The van der Waals surface area contributed by atoms with Gasteiger partial charge in [0.15, 0.2) is 0 Å². The van der Waals surface area contributed by atoms with E-state index in [1.54, 1.807) is 7.11 Å². The topological polar surface area (TPSA) is 66.7 Å². The lowest BCUT2D eigenvalue weighted by atomic mass is 10.1. The molecule has 1 aromatic heterocycles. The summed E-state index contributed by atoms with van der Waals surface area (Å²) in [6, 6.07) is 14.6. The smallest absolute Gasteiger partial charge is 0.321 e. The Balaban J connectivity index is 1.24. The Morgan fingerprint density at radius 3 is 2.53 bits per heavy atom. The van der Waals surface area contributed by atoms with Gasteiger partial charge in [-0.1, -0.05) is 17.3 Å². The van der Waals surface area contributed by atoms with Gasteiger partial charge in [0.05, 0.1) is 7.11 Å². The van der Waals surface area contributed by atoms with E-state index < -0.39 is 0 Å². The minimum absolute atomic E-state index is 0.454. The van der Waals surface area contributed by atoms with Crippen LogP contribution in [0.4, 0.5) is 11.7 Å². The Bertz CT molecular complexity index is 962. The molecule has 0 bridgehead atoms. The first-order chi connectivity index (χ1) is 14.6. The molecule has 0 atom stereocenters. The van der Waals surface area contributed by atoms with Crippen molar-refractivity contribution in [3.8, 4) is 17.1 Å². The molecule has 2 aromatic carbocycles. The number of aromatic nitrogens is 2. The molecule has 0 aliphatic carbocycles. The third kappa shape index (κ3) is 4.57. The fraction of sp³-hybridized carbons (Fsp3) is 0.391. The second kappa shape index (κ2) is 9.17. The van der Waals surface area contributed by atoms with Crippen LogP contribution in [0, 0.1) is 13.8 Å². The minimum atomic E-state index is 0.454. The molecule has 4 rings (SSSR count). The second-order valence-electron chi connectivity index (χ2n) is 7.63. The van der Waals surface area contributed by atoms with Crippen molar-refractivity contribution >= 4 is 11.7 Å². The van der Waals surface area contributed by atoms with Gasteiger partial charge < -0.3 is 19.5 Å². The van der Waals surface area contributed by atoms with Gasteiger partial charge in [0.25, 0.3) is 0 Å². The molecule has 1 aliphatic rings. The molecule has 1 fully saturated rings. The number of hydrogen-bond acceptors (Lipinski definition) is 7. The van der Waals surface area contributed by atoms with E-state index in [9.17, 15) is 0 Å². The molecule has 1 saturated heterocycles. The summed E-state index contributed by atoms with van der Waals surface area (Å²) in [6.07, 6.45) is 0. The molecular weight excluding hydrogens is 378 g/mol. The third-order valence-corrected chi connectivity index (χ3v) is 5.77. The molecule has 1 N–H and O–H groups in total. The fourth-order valence-corrected chi connectivity index (χ4v) is 3.76. The normalized spacial score (nSPS) is 14.7. The van der Waals surface area contributed by atoms with E-state index in [0.717, 1.165) is 50.6 Å². The van der Waals surface area contributed by atoms with E-state index in [0.29, 0.717) is 11.8 Å². The highest BCUT2D eigenvalue weighted by Gasteiger charge is 2.18. The third-order valence-electron chi connectivity index (χ3n) is 5.77. The Hall–Kier alpha value is -3.06. The van der Waals surface area contributed by atoms with Crippen molar-refractivity contribution in [3.05, 3.63) is 53.6 Å². The van der Waals surface area contributed by atoms with Gasteiger partial charge in [-0.25, -0.2) is 0 Å². The standard InChI is InChI=1S/C23H29N5O2/c1-17-5-4-6-21(18(17)2)28-15-13-27(14-16-28)12-11-24-23-25-22(26-30-23)19-7-9-20(29-3)10-8-19/h4-10H,11-16H2,1-3H3,(H,24,25,26). The fourth-order valence-electron chi connectivity index (χ4n) is 3.76. The molecule has 158 valence electrons. The highest BCUT2D eigenvalue weighted by Crippen LogP contribution is 2.24. The van der Waals surface area contributed by atoms with Gasteiger partial charge in [-0.3, -0.25) is 4.90 Å². The molecule has 3 aromatic rings. The zero-order chi connectivity index (χ0) is 20.9. The zero-order valence-electron chi connectivity index (χ0n) is 17.9. The average Bonchev–Trinajstić information content (AvgIpc) is 3.25. The van der Waals surface area contributed by atoms with Crippen molar-refractivity contribution in [2.75, 3.05) is 56.6 Å². The van der Waals surface area contributed by atoms with Crippen LogP contribution in [0.1, 0.15) is 11.1 Å². The maximum Gasteiger partial charge on any atom is 0.321 e. The van der Waals surface area contributed by atoms with Crippen LogP contribution in [0.25, 0.3) is 11.4 Å². The number of methoxy groups -OCH3 is 1. The van der Waals surface area contributed by atoms with Crippen LogP contribution in [0.15, 0.2) is 47.0 Å². The van der Waals surface area contributed by atoms with Crippen LogP contribution < -0.4 is 15.0 Å². The van der Waals surface area contributed by atoms with E-state index in [1.165, 1.54) is 16.8 Å². The molecule has 0 saturated carbocycles. The van der Waals surface area contributed by atoms with Gasteiger partial charge in [0.2, 0.25) is 5.82 Å². The number of aryl methyl sites for hydroxylation is 1. The quantitative estimate of drug-likeness (QED) is 0.642. The average molecular weight is 408 g/mol. The Labute approximate surface area is 177 Å². The molecular formula is C23H29N5O2. The van der Waals surface area contributed by atoms with E-state index in [2.05, 4.69) is 57.3 Å². The van der Waals surface area contributed by atoms with Gasteiger partial charge >= 0.3 is 6.01 Å². The van der Waals surface area contributed by atoms with Gasteiger partial charge in [0, 0.05) is 50.5 Å². The first-order valence-electron chi connectivity index (χ1n) is 10.4. The molecule has 1 aliphatic heterocycles. The van der Waals surface area contributed by atoms with Crippen molar-refractivity contribution < 1.29 is 9.26 Å². The summed E-state index contributed by atoms with van der Waals surface area (Å²) in [4.78, 5) is 9.39. The van der Waals surface area contributed by atoms with Gasteiger partial charge in [-0.05, 0) is 55.3 Å². The highest BCUT2D eigenvalue weighted by atomic mass is 16.5. The van der Waals surface area contributed by atoms with E-state index in [1.807, 2.05) is 24.3 Å². The van der Waals surface area contributed by atoms with Crippen molar-refractivity contribution in [2.45, 2.75) is 13.8 Å². The lowest BCUT2D eigenvalue weighted by Crippen LogP contribution is -2.47. The molecule has 7 heteroatoms. The Kier molecular flexibility index (Phi) is 6.18. The summed E-state index contributed by atoms with van der Waals surface area (Å²) in [5.74, 6) is 1.38. The predicted octanol–water partition coefficient (Wildman–Crippen LogP) is 3.60. The highest BCUT2D eigenvalue weighted by molar-refractivity contribution is 5.57. The number of hydrogen-bond donors (Lipinski definition) is 1.